The first-order valence-corrected chi connectivity index (χ1v) is 3.74. The van der Waals surface area contributed by atoms with E-state index in [1.165, 1.54) is 6.07 Å². The third-order valence-corrected chi connectivity index (χ3v) is 1.83. The van der Waals surface area contributed by atoms with Crippen molar-refractivity contribution in [1.82, 2.24) is 9.97 Å². The van der Waals surface area contributed by atoms with Crippen LogP contribution >= 0.6 is 11.6 Å². The minimum Gasteiger partial charge on any atom is -0.505 e. The lowest BCUT2D eigenvalue weighted by Gasteiger charge is -1.98. The van der Waals surface area contributed by atoms with Gasteiger partial charge in [0.25, 0.3) is 0 Å². The molecule has 0 fully saturated rings. The molecule has 4 heteroatoms. The van der Waals surface area contributed by atoms with Gasteiger partial charge >= 0.3 is 0 Å². The van der Waals surface area contributed by atoms with Gasteiger partial charge in [0.15, 0.2) is 10.9 Å². The second-order valence-corrected chi connectivity index (χ2v) is 2.72. The van der Waals surface area contributed by atoms with Gasteiger partial charge in [0.05, 0.1) is 5.52 Å². The number of pyridine rings is 2. The van der Waals surface area contributed by atoms with Crippen LogP contribution in [0.1, 0.15) is 0 Å². The summed E-state index contributed by atoms with van der Waals surface area (Å²) in [5.41, 5.74) is 0.729. The largest absolute Gasteiger partial charge is 0.505 e. The van der Waals surface area contributed by atoms with Crippen LogP contribution in [0.5, 0.6) is 5.75 Å². The van der Waals surface area contributed by atoms with Crippen LogP contribution in [0.25, 0.3) is 10.9 Å². The van der Waals surface area contributed by atoms with Crippen LogP contribution < -0.4 is 0 Å². The van der Waals surface area contributed by atoms with Crippen molar-refractivity contribution in [3.8, 4) is 5.75 Å². The normalized spacial score (nSPS) is 10.4. The molecular weight excluding hydrogens is 176 g/mol. The molecule has 12 heavy (non-hydrogen) atoms. The number of halogens is 1. The van der Waals surface area contributed by atoms with Crippen molar-refractivity contribution in [2.24, 2.45) is 0 Å². The van der Waals surface area contributed by atoms with Crippen molar-refractivity contribution < 1.29 is 5.11 Å². The molecular formula is C8H5ClN2O. The van der Waals surface area contributed by atoms with E-state index in [9.17, 15) is 5.11 Å². The molecule has 0 aliphatic heterocycles. The van der Waals surface area contributed by atoms with Crippen LogP contribution in [0.2, 0.25) is 5.15 Å². The smallest absolute Gasteiger partial charge is 0.171 e. The lowest BCUT2D eigenvalue weighted by Crippen LogP contribution is -1.81. The van der Waals surface area contributed by atoms with Crippen LogP contribution in [-0.4, -0.2) is 15.1 Å². The predicted molar refractivity (Wildman–Crippen MR) is 46.2 cm³/mol. The van der Waals surface area contributed by atoms with Gasteiger partial charge in [0.1, 0.15) is 0 Å². The summed E-state index contributed by atoms with van der Waals surface area (Å²) in [5, 5.41) is 10.1. The molecule has 0 aromatic carbocycles. The summed E-state index contributed by atoms with van der Waals surface area (Å²) in [5.74, 6) is -0.0165. The number of rotatable bonds is 0. The summed E-state index contributed by atoms with van der Waals surface area (Å²) >= 11 is 5.61. The Balaban J connectivity index is 2.84. The Morgan fingerprint density at radius 3 is 3.08 bits per heavy atom. The molecule has 2 heterocycles. The molecule has 0 atom stereocenters. The SMILES string of the molecule is Oc1cc2cnccc2nc1Cl. The van der Waals surface area contributed by atoms with Crippen LogP contribution in [0.4, 0.5) is 0 Å². The monoisotopic (exact) mass is 180 g/mol. The molecule has 0 aliphatic rings. The van der Waals surface area contributed by atoms with Crippen molar-refractivity contribution in [1.29, 1.82) is 0 Å². The zero-order chi connectivity index (χ0) is 8.55. The van der Waals surface area contributed by atoms with E-state index in [-0.39, 0.29) is 10.9 Å². The fourth-order valence-corrected chi connectivity index (χ4v) is 1.13. The molecule has 0 spiro atoms. The first-order valence-electron chi connectivity index (χ1n) is 3.36. The highest BCUT2D eigenvalue weighted by atomic mass is 35.5. The molecule has 1 N–H and O–H groups in total. The van der Waals surface area contributed by atoms with Gasteiger partial charge in [0, 0.05) is 17.8 Å². The highest BCUT2D eigenvalue weighted by molar-refractivity contribution is 6.31. The Bertz CT molecular complexity index is 390. The fourth-order valence-electron chi connectivity index (χ4n) is 0.982. The molecule has 2 aromatic rings. The van der Waals surface area contributed by atoms with Crippen LogP contribution in [0, 0.1) is 0 Å². The number of nitrogens with zero attached hydrogens (tertiary/aromatic N) is 2. The van der Waals surface area contributed by atoms with E-state index >= 15 is 0 Å². The lowest BCUT2D eigenvalue weighted by atomic mass is 10.3. The third kappa shape index (κ3) is 1.08. The average Bonchev–Trinajstić information content (AvgIpc) is 2.07. The first-order chi connectivity index (χ1) is 5.77. The zero-order valence-corrected chi connectivity index (χ0v) is 6.78. The van der Waals surface area contributed by atoms with Crippen molar-refractivity contribution in [3.63, 3.8) is 0 Å². The van der Waals surface area contributed by atoms with E-state index in [1.807, 2.05) is 0 Å². The quantitative estimate of drug-likeness (QED) is 0.631. The van der Waals surface area contributed by atoms with E-state index in [0.29, 0.717) is 0 Å². The van der Waals surface area contributed by atoms with Crippen LogP contribution in [-0.2, 0) is 0 Å². The van der Waals surface area contributed by atoms with Gasteiger partial charge in [-0.25, -0.2) is 4.98 Å². The topological polar surface area (TPSA) is 46.0 Å². The molecule has 0 radical (unpaired) electrons. The Labute approximate surface area is 73.6 Å². The minimum absolute atomic E-state index is 0.0165. The Morgan fingerprint density at radius 2 is 2.25 bits per heavy atom. The number of hydrogen-bond acceptors (Lipinski definition) is 3. The van der Waals surface area contributed by atoms with Crippen molar-refractivity contribution in [2.45, 2.75) is 0 Å². The molecule has 2 rings (SSSR count). The molecule has 3 nitrogen and oxygen atoms in total. The van der Waals surface area contributed by atoms with Crippen LogP contribution in [0.15, 0.2) is 24.5 Å². The molecule has 2 aromatic heterocycles. The number of hydrogen-bond donors (Lipinski definition) is 1. The molecule has 0 saturated carbocycles. The second-order valence-electron chi connectivity index (χ2n) is 2.37. The highest BCUT2D eigenvalue weighted by Gasteiger charge is 2.01. The van der Waals surface area contributed by atoms with Gasteiger partial charge in [0.2, 0.25) is 0 Å². The second kappa shape index (κ2) is 2.60. The minimum atomic E-state index is -0.0165. The summed E-state index contributed by atoms with van der Waals surface area (Å²) in [4.78, 5) is 7.84. The summed E-state index contributed by atoms with van der Waals surface area (Å²) in [6.45, 7) is 0. The van der Waals surface area contributed by atoms with Gasteiger partial charge in [-0.3, -0.25) is 4.98 Å². The van der Waals surface area contributed by atoms with Gasteiger partial charge in [-0.15, -0.1) is 0 Å². The number of aromatic hydroxyl groups is 1. The summed E-state index contributed by atoms with van der Waals surface area (Å²) in [6.07, 6.45) is 3.25. The van der Waals surface area contributed by atoms with E-state index in [2.05, 4.69) is 9.97 Å². The maximum Gasteiger partial charge on any atom is 0.171 e. The molecule has 0 bridgehead atoms. The molecule has 0 amide bonds. The fraction of sp³-hybridized carbons (Fsp3) is 0. The highest BCUT2D eigenvalue weighted by Crippen LogP contribution is 2.24. The summed E-state index contributed by atoms with van der Waals surface area (Å²) in [7, 11) is 0. The maximum atomic E-state index is 9.20. The number of aromatic nitrogens is 2. The maximum absolute atomic E-state index is 9.20. The predicted octanol–water partition coefficient (Wildman–Crippen LogP) is 1.99. The molecule has 0 unspecified atom stereocenters. The van der Waals surface area contributed by atoms with Gasteiger partial charge < -0.3 is 5.11 Å². The lowest BCUT2D eigenvalue weighted by molar-refractivity contribution is 0.474. The van der Waals surface area contributed by atoms with E-state index < -0.39 is 0 Å². The Kier molecular flexibility index (Phi) is 1.59. The first kappa shape index (κ1) is 7.31. The van der Waals surface area contributed by atoms with Crippen molar-refractivity contribution in [2.75, 3.05) is 0 Å². The van der Waals surface area contributed by atoms with E-state index in [0.717, 1.165) is 10.9 Å². The van der Waals surface area contributed by atoms with Crippen LogP contribution in [0.3, 0.4) is 0 Å². The van der Waals surface area contributed by atoms with E-state index in [4.69, 9.17) is 11.6 Å². The summed E-state index contributed by atoms with van der Waals surface area (Å²) in [6, 6.07) is 3.28. The van der Waals surface area contributed by atoms with Gasteiger partial charge in [-0.05, 0) is 12.1 Å². The van der Waals surface area contributed by atoms with Gasteiger partial charge in [-0.2, -0.15) is 0 Å². The average molecular weight is 181 g/mol. The number of fused-ring (bicyclic) bond motifs is 1. The standard InChI is InChI=1S/C8H5ClN2O/c9-8-7(12)3-5-4-10-2-1-6(5)11-8/h1-4,12H. The molecule has 0 saturated heterocycles. The third-order valence-electron chi connectivity index (χ3n) is 1.55. The Hall–Kier alpha value is -1.35. The summed E-state index contributed by atoms with van der Waals surface area (Å²) < 4.78 is 0. The molecule has 60 valence electrons. The molecule has 0 aliphatic carbocycles. The Morgan fingerprint density at radius 1 is 1.42 bits per heavy atom. The van der Waals surface area contributed by atoms with E-state index in [1.54, 1.807) is 18.5 Å². The van der Waals surface area contributed by atoms with Crippen molar-refractivity contribution >= 4 is 22.5 Å². The van der Waals surface area contributed by atoms with Gasteiger partial charge in [-0.1, -0.05) is 11.6 Å². The zero-order valence-electron chi connectivity index (χ0n) is 6.03. The van der Waals surface area contributed by atoms with Crippen molar-refractivity contribution in [3.05, 3.63) is 29.7 Å².